The first-order chi connectivity index (χ1) is 12.4. The third kappa shape index (κ3) is 3.91. The van der Waals surface area contributed by atoms with Crippen LogP contribution in [0.2, 0.25) is 0 Å². The predicted molar refractivity (Wildman–Crippen MR) is 98.5 cm³/mol. The topological polar surface area (TPSA) is 52.8 Å². The van der Waals surface area contributed by atoms with Crippen molar-refractivity contribution in [2.45, 2.75) is 30.6 Å². The maximum atomic E-state index is 5.74. The molecular weight excluding hydrogens is 332 g/mol. The second kappa shape index (κ2) is 7.80. The number of benzene rings is 1. The summed E-state index contributed by atoms with van der Waals surface area (Å²) in [6.07, 6.45) is 6.20. The molecule has 1 aliphatic rings. The van der Waals surface area contributed by atoms with Gasteiger partial charge in [-0.1, -0.05) is 42.1 Å². The van der Waals surface area contributed by atoms with Crippen LogP contribution in [0.25, 0.3) is 11.4 Å². The minimum atomic E-state index is 0.330. The van der Waals surface area contributed by atoms with Gasteiger partial charge in [0.1, 0.15) is 0 Å². The van der Waals surface area contributed by atoms with Gasteiger partial charge in [0, 0.05) is 30.3 Å². The van der Waals surface area contributed by atoms with Crippen molar-refractivity contribution >= 4 is 11.8 Å². The van der Waals surface area contributed by atoms with E-state index < -0.39 is 0 Å². The zero-order valence-electron chi connectivity index (χ0n) is 13.9. The van der Waals surface area contributed by atoms with Gasteiger partial charge >= 0.3 is 0 Å². The summed E-state index contributed by atoms with van der Waals surface area (Å²) in [7, 11) is 0. The van der Waals surface area contributed by atoms with Gasteiger partial charge in [-0.05, 0) is 30.5 Å². The summed E-state index contributed by atoms with van der Waals surface area (Å²) in [6.45, 7) is 1.63. The van der Waals surface area contributed by atoms with Gasteiger partial charge in [-0.2, -0.15) is 0 Å². The van der Waals surface area contributed by atoms with E-state index >= 15 is 0 Å². The molecule has 1 saturated heterocycles. The molecule has 0 bridgehead atoms. The maximum absolute atomic E-state index is 5.74. The summed E-state index contributed by atoms with van der Waals surface area (Å²) < 4.78 is 7.92. The van der Waals surface area contributed by atoms with Crippen molar-refractivity contribution < 1.29 is 4.74 Å². The average molecular weight is 352 g/mol. The molecule has 0 aliphatic carbocycles. The van der Waals surface area contributed by atoms with Crippen LogP contribution >= 0.6 is 11.8 Å². The summed E-state index contributed by atoms with van der Waals surface area (Å²) in [5, 5.41) is 9.84. The lowest BCUT2D eigenvalue weighted by Crippen LogP contribution is -2.10. The number of thioether (sulfide) groups is 1. The molecule has 4 rings (SSSR count). The zero-order valence-corrected chi connectivity index (χ0v) is 14.7. The normalized spacial score (nSPS) is 17.0. The quantitative estimate of drug-likeness (QED) is 0.634. The summed E-state index contributed by atoms with van der Waals surface area (Å²) in [6, 6.07) is 14.4. The maximum Gasteiger partial charge on any atom is 0.191 e. The van der Waals surface area contributed by atoms with E-state index in [0.717, 1.165) is 48.3 Å². The van der Waals surface area contributed by atoms with Gasteiger partial charge in [0.15, 0.2) is 11.0 Å². The molecule has 1 fully saturated rings. The van der Waals surface area contributed by atoms with Crippen LogP contribution in [0.4, 0.5) is 0 Å². The van der Waals surface area contributed by atoms with E-state index in [-0.39, 0.29) is 0 Å². The van der Waals surface area contributed by atoms with E-state index in [1.54, 1.807) is 24.2 Å². The molecule has 1 aromatic carbocycles. The number of pyridine rings is 1. The van der Waals surface area contributed by atoms with Crippen LogP contribution in [0, 0.1) is 0 Å². The van der Waals surface area contributed by atoms with Crippen molar-refractivity contribution in [3.05, 3.63) is 60.4 Å². The molecule has 2 aromatic heterocycles. The Morgan fingerprint density at radius 1 is 1.08 bits per heavy atom. The van der Waals surface area contributed by atoms with Crippen LogP contribution in [0.3, 0.4) is 0 Å². The highest BCUT2D eigenvalue weighted by Crippen LogP contribution is 2.27. The van der Waals surface area contributed by atoms with Crippen molar-refractivity contribution in [1.29, 1.82) is 0 Å². The fraction of sp³-hybridized carbons (Fsp3) is 0.316. The molecule has 5 nitrogen and oxygen atoms in total. The van der Waals surface area contributed by atoms with Crippen molar-refractivity contribution in [1.82, 2.24) is 19.7 Å². The SMILES string of the molecule is c1ccc(Cn2c(SCC3CCCO3)nnc2-c2ccncc2)cc1. The Balaban J connectivity index is 1.62. The molecule has 0 amide bonds. The van der Waals surface area contributed by atoms with E-state index in [1.807, 2.05) is 18.2 Å². The molecule has 25 heavy (non-hydrogen) atoms. The smallest absolute Gasteiger partial charge is 0.191 e. The van der Waals surface area contributed by atoms with Crippen molar-refractivity contribution in [3.63, 3.8) is 0 Å². The number of aromatic nitrogens is 4. The van der Waals surface area contributed by atoms with E-state index in [9.17, 15) is 0 Å². The number of hydrogen-bond acceptors (Lipinski definition) is 5. The summed E-state index contributed by atoms with van der Waals surface area (Å²) in [4.78, 5) is 4.10. The number of nitrogens with zero attached hydrogens (tertiary/aromatic N) is 4. The van der Waals surface area contributed by atoms with E-state index in [2.05, 4.69) is 44.0 Å². The first-order valence-electron chi connectivity index (χ1n) is 8.52. The predicted octanol–water partition coefficient (Wildman–Crippen LogP) is 3.66. The van der Waals surface area contributed by atoms with Crippen LogP contribution in [-0.4, -0.2) is 38.2 Å². The molecule has 0 N–H and O–H groups in total. The summed E-state index contributed by atoms with van der Waals surface area (Å²) >= 11 is 1.73. The number of rotatable bonds is 6. The zero-order chi connectivity index (χ0) is 16.9. The van der Waals surface area contributed by atoms with Crippen LogP contribution in [0.15, 0.2) is 60.0 Å². The molecule has 0 spiro atoms. The average Bonchev–Trinajstić information content (AvgIpc) is 3.32. The molecule has 1 aliphatic heterocycles. The fourth-order valence-electron chi connectivity index (χ4n) is 2.96. The van der Waals surface area contributed by atoms with E-state index in [1.165, 1.54) is 5.56 Å². The summed E-state index contributed by atoms with van der Waals surface area (Å²) in [5.74, 6) is 1.80. The Hall–Kier alpha value is -2.18. The highest BCUT2D eigenvalue weighted by molar-refractivity contribution is 7.99. The first-order valence-corrected chi connectivity index (χ1v) is 9.50. The highest BCUT2D eigenvalue weighted by Gasteiger charge is 2.19. The lowest BCUT2D eigenvalue weighted by Gasteiger charge is -2.12. The Bertz CT molecular complexity index is 801. The summed E-state index contributed by atoms with van der Waals surface area (Å²) in [5.41, 5.74) is 2.26. The Kier molecular flexibility index (Phi) is 5.09. The lowest BCUT2D eigenvalue weighted by atomic mass is 10.2. The number of hydrogen-bond donors (Lipinski definition) is 0. The highest BCUT2D eigenvalue weighted by atomic mass is 32.2. The van der Waals surface area contributed by atoms with Crippen LogP contribution < -0.4 is 0 Å². The first kappa shape index (κ1) is 16.3. The second-order valence-electron chi connectivity index (χ2n) is 6.06. The lowest BCUT2D eigenvalue weighted by molar-refractivity contribution is 0.129. The Morgan fingerprint density at radius 3 is 2.68 bits per heavy atom. The molecule has 3 heterocycles. The third-order valence-electron chi connectivity index (χ3n) is 4.26. The third-order valence-corrected chi connectivity index (χ3v) is 5.36. The standard InChI is InChI=1S/C19H20N4OS/c1-2-5-15(6-3-1)13-23-18(16-8-10-20-11-9-16)21-22-19(23)25-14-17-7-4-12-24-17/h1-3,5-6,8-11,17H,4,7,12-14H2. The molecule has 1 atom stereocenters. The van der Waals surface area contributed by atoms with Crippen molar-refractivity contribution in [2.24, 2.45) is 0 Å². The Labute approximate surface area is 151 Å². The molecule has 0 saturated carbocycles. The van der Waals surface area contributed by atoms with Gasteiger partial charge in [0.25, 0.3) is 0 Å². The minimum Gasteiger partial charge on any atom is -0.377 e. The van der Waals surface area contributed by atoms with Crippen LogP contribution in [0.1, 0.15) is 18.4 Å². The second-order valence-corrected chi connectivity index (χ2v) is 7.05. The van der Waals surface area contributed by atoms with Gasteiger partial charge in [-0.25, -0.2) is 0 Å². The molecule has 3 aromatic rings. The van der Waals surface area contributed by atoms with Gasteiger partial charge in [-0.3, -0.25) is 9.55 Å². The Morgan fingerprint density at radius 2 is 1.92 bits per heavy atom. The van der Waals surface area contributed by atoms with Crippen LogP contribution in [0.5, 0.6) is 0 Å². The molecule has 128 valence electrons. The molecule has 0 radical (unpaired) electrons. The van der Waals surface area contributed by atoms with Gasteiger partial charge in [0.05, 0.1) is 12.6 Å². The van der Waals surface area contributed by atoms with E-state index in [4.69, 9.17) is 4.74 Å². The molecule has 1 unspecified atom stereocenters. The van der Waals surface area contributed by atoms with Gasteiger partial charge in [0.2, 0.25) is 0 Å². The number of ether oxygens (including phenoxy) is 1. The van der Waals surface area contributed by atoms with Gasteiger partial charge < -0.3 is 4.74 Å². The van der Waals surface area contributed by atoms with Crippen molar-refractivity contribution in [3.8, 4) is 11.4 Å². The largest absolute Gasteiger partial charge is 0.377 e. The van der Waals surface area contributed by atoms with Crippen LogP contribution in [-0.2, 0) is 11.3 Å². The molecular formula is C19H20N4OS. The minimum absolute atomic E-state index is 0.330. The molecule has 6 heteroatoms. The van der Waals surface area contributed by atoms with E-state index in [0.29, 0.717) is 6.10 Å². The van der Waals surface area contributed by atoms with Crippen molar-refractivity contribution in [2.75, 3.05) is 12.4 Å². The fourth-order valence-corrected chi connectivity index (χ4v) is 3.97. The monoisotopic (exact) mass is 352 g/mol. The van der Waals surface area contributed by atoms with Gasteiger partial charge in [-0.15, -0.1) is 10.2 Å².